The lowest BCUT2D eigenvalue weighted by atomic mass is 10.2. The van der Waals surface area contributed by atoms with Crippen LogP contribution >= 0.6 is 24.0 Å². The maximum Gasteiger partial charge on any atom is 0.193 e. The summed E-state index contributed by atoms with van der Waals surface area (Å²) in [6, 6.07) is 4.31. The number of guanidine groups is 1. The standard InChI is InChI=1S/C19H34N6.HI/c1-5-7-10-23(4)19(20-3)22-16-17-8-9-18(21-15-17)25-13-11-24(6-2)12-14-25;/h8-9,15H,5-7,10-14,16H2,1-4H3,(H,20,22);1H. The van der Waals surface area contributed by atoms with Gasteiger partial charge in [0.1, 0.15) is 5.82 Å². The monoisotopic (exact) mass is 474 g/mol. The Hall–Kier alpha value is -1.09. The third-order valence-corrected chi connectivity index (χ3v) is 4.82. The van der Waals surface area contributed by atoms with Crippen LogP contribution in [0.25, 0.3) is 0 Å². The molecule has 0 saturated carbocycles. The number of pyridine rings is 1. The highest BCUT2D eigenvalue weighted by molar-refractivity contribution is 14.0. The Labute approximate surface area is 176 Å². The smallest absolute Gasteiger partial charge is 0.193 e. The van der Waals surface area contributed by atoms with Gasteiger partial charge in [0.15, 0.2) is 5.96 Å². The number of unbranched alkanes of at least 4 members (excludes halogenated alkanes) is 1. The van der Waals surface area contributed by atoms with Gasteiger partial charge in [-0.2, -0.15) is 0 Å². The van der Waals surface area contributed by atoms with Gasteiger partial charge in [0.25, 0.3) is 0 Å². The summed E-state index contributed by atoms with van der Waals surface area (Å²) in [5.74, 6) is 2.03. The van der Waals surface area contributed by atoms with Gasteiger partial charge in [0, 0.05) is 59.6 Å². The van der Waals surface area contributed by atoms with E-state index in [4.69, 9.17) is 0 Å². The highest BCUT2D eigenvalue weighted by Crippen LogP contribution is 2.14. The Balaban J connectivity index is 0.00000338. The van der Waals surface area contributed by atoms with Gasteiger partial charge >= 0.3 is 0 Å². The molecule has 0 bridgehead atoms. The molecule has 1 N–H and O–H groups in total. The molecule has 2 heterocycles. The molecule has 1 aliphatic rings. The van der Waals surface area contributed by atoms with Gasteiger partial charge in [0.2, 0.25) is 0 Å². The fourth-order valence-electron chi connectivity index (χ4n) is 3.07. The van der Waals surface area contributed by atoms with Crippen molar-refractivity contribution in [1.29, 1.82) is 0 Å². The maximum atomic E-state index is 4.67. The number of likely N-dealkylation sites (N-methyl/N-ethyl adjacent to an activating group) is 1. The number of hydrogen-bond acceptors (Lipinski definition) is 4. The molecule has 26 heavy (non-hydrogen) atoms. The number of hydrogen-bond donors (Lipinski definition) is 1. The summed E-state index contributed by atoms with van der Waals surface area (Å²) in [5.41, 5.74) is 1.18. The fourth-order valence-corrected chi connectivity index (χ4v) is 3.07. The molecule has 148 valence electrons. The van der Waals surface area contributed by atoms with E-state index in [0.29, 0.717) is 0 Å². The minimum atomic E-state index is 0. The van der Waals surface area contributed by atoms with Gasteiger partial charge in [-0.1, -0.05) is 26.3 Å². The van der Waals surface area contributed by atoms with E-state index >= 15 is 0 Å². The van der Waals surface area contributed by atoms with Gasteiger partial charge in [0.05, 0.1) is 0 Å². The second-order valence-electron chi connectivity index (χ2n) is 6.62. The third-order valence-electron chi connectivity index (χ3n) is 4.82. The first kappa shape index (κ1) is 23.0. The number of halogens is 1. The second-order valence-corrected chi connectivity index (χ2v) is 6.62. The highest BCUT2D eigenvalue weighted by atomic mass is 127. The second kappa shape index (κ2) is 12.3. The van der Waals surface area contributed by atoms with Crippen LogP contribution in [0.1, 0.15) is 32.3 Å². The summed E-state index contributed by atoms with van der Waals surface area (Å²) >= 11 is 0. The topological polar surface area (TPSA) is 47.0 Å². The number of nitrogens with one attached hydrogen (secondary N) is 1. The van der Waals surface area contributed by atoms with Crippen LogP contribution in [0.4, 0.5) is 5.82 Å². The first-order valence-corrected chi connectivity index (χ1v) is 9.52. The molecular weight excluding hydrogens is 439 g/mol. The summed E-state index contributed by atoms with van der Waals surface area (Å²) in [5, 5.41) is 3.42. The van der Waals surface area contributed by atoms with Gasteiger partial charge in [-0.3, -0.25) is 4.99 Å². The molecule has 7 heteroatoms. The van der Waals surface area contributed by atoms with Crippen molar-refractivity contribution in [2.45, 2.75) is 33.2 Å². The van der Waals surface area contributed by atoms with Crippen LogP contribution in [0.3, 0.4) is 0 Å². The van der Waals surface area contributed by atoms with E-state index in [2.05, 4.69) is 63.0 Å². The summed E-state index contributed by atoms with van der Waals surface area (Å²) in [7, 11) is 3.92. The summed E-state index contributed by atoms with van der Waals surface area (Å²) < 4.78 is 0. The van der Waals surface area contributed by atoms with Crippen LogP contribution in [0.5, 0.6) is 0 Å². The van der Waals surface area contributed by atoms with Crippen molar-refractivity contribution in [2.75, 3.05) is 58.3 Å². The van der Waals surface area contributed by atoms with Gasteiger partial charge in [-0.25, -0.2) is 4.98 Å². The largest absolute Gasteiger partial charge is 0.354 e. The van der Waals surface area contributed by atoms with Gasteiger partial charge in [-0.15, -0.1) is 24.0 Å². The van der Waals surface area contributed by atoms with Gasteiger partial charge < -0.3 is 20.0 Å². The number of anilines is 1. The third kappa shape index (κ3) is 6.90. The summed E-state index contributed by atoms with van der Waals surface area (Å²) in [4.78, 5) is 16.1. The van der Waals surface area contributed by atoms with E-state index in [-0.39, 0.29) is 24.0 Å². The number of rotatable bonds is 7. The van der Waals surface area contributed by atoms with E-state index in [1.165, 1.54) is 18.4 Å². The van der Waals surface area contributed by atoms with Crippen molar-refractivity contribution in [1.82, 2.24) is 20.1 Å². The summed E-state index contributed by atoms with van der Waals surface area (Å²) in [6.45, 7) is 11.7. The first-order valence-electron chi connectivity index (χ1n) is 9.52. The zero-order valence-corrected chi connectivity index (χ0v) is 19.1. The minimum absolute atomic E-state index is 0. The van der Waals surface area contributed by atoms with Crippen molar-refractivity contribution < 1.29 is 0 Å². The minimum Gasteiger partial charge on any atom is -0.354 e. The lowest BCUT2D eigenvalue weighted by Gasteiger charge is -2.34. The predicted molar refractivity (Wildman–Crippen MR) is 122 cm³/mol. The Morgan fingerprint density at radius 2 is 1.96 bits per heavy atom. The molecule has 0 amide bonds. The quantitative estimate of drug-likeness (QED) is 0.374. The Kier molecular flexibility index (Phi) is 10.9. The zero-order chi connectivity index (χ0) is 18.1. The zero-order valence-electron chi connectivity index (χ0n) is 16.7. The van der Waals surface area contributed by atoms with Crippen LogP contribution in [0.15, 0.2) is 23.3 Å². The predicted octanol–water partition coefficient (Wildman–Crippen LogP) is 2.65. The first-order chi connectivity index (χ1) is 12.2. The van der Waals surface area contributed by atoms with Gasteiger partial charge in [-0.05, 0) is 24.6 Å². The number of nitrogens with zero attached hydrogens (tertiary/aromatic N) is 5. The van der Waals surface area contributed by atoms with Crippen molar-refractivity contribution in [2.24, 2.45) is 4.99 Å². The molecule has 6 nitrogen and oxygen atoms in total. The molecule has 1 fully saturated rings. The average molecular weight is 474 g/mol. The Morgan fingerprint density at radius 3 is 2.50 bits per heavy atom. The average Bonchev–Trinajstić information content (AvgIpc) is 2.67. The van der Waals surface area contributed by atoms with E-state index in [1.807, 2.05) is 13.2 Å². The lowest BCUT2D eigenvalue weighted by Crippen LogP contribution is -2.46. The molecule has 0 atom stereocenters. The summed E-state index contributed by atoms with van der Waals surface area (Å²) in [6.07, 6.45) is 4.35. The lowest BCUT2D eigenvalue weighted by molar-refractivity contribution is 0.270. The van der Waals surface area contributed by atoms with Crippen LogP contribution in [-0.2, 0) is 6.54 Å². The van der Waals surface area contributed by atoms with Crippen molar-refractivity contribution in [3.8, 4) is 0 Å². The molecule has 2 rings (SSSR count). The molecule has 1 aliphatic heterocycles. The van der Waals surface area contributed by atoms with Crippen LogP contribution < -0.4 is 10.2 Å². The van der Waals surface area contributed by atoms with Crippen molar-refractivity contribution in [3.63, 3.8) is 0 Å². The van der Waals surface area contributed by atoms with E-state index in [1.54, 1.807) is 0 Å². The molecule has 1 aromatic heterocycles. The molecule has 0 unspecified atom stereocenters. The molecular formula is C19H35IN6. The molecule has 0 spiro atoms. The Bertz CT molecular complexity index is 525. The molecule has 0 aliphatic carbocycles. The molecule has 0 radical (unpaired) electrons. The van der Waals surface area contributed by atoms with E-state index in [9.17, 15) is 0 Å². The van der Waals surface area contributed by atoms with Crippen LogP contribution in [0, 0.1) is 0 Å². The Morgan fingerprint density at radius 1 is 1.23 bits per heavy atom. The van der Waals surface area contributed by atoms with Crippen molar-refractivity contribution in [3.05, 3.63) is 23.9 Å². The molecule has 1 aromatic rings. The van der Waals surface area contributed by atoms with E-state index in [0.717, 1.165) is 57.6 Å². The number of aliphatic imine (C=N–C) groups is 1. The molecule has 1 saturated heterocycles. The van der Waals surface area contributed by atoms with Crippen LogP contribution in [0.2, 0.25) is 0 Å². The number of piperazine rings is 1. The van der Waals surface area contributed by atoms with Crippen LogP contribution in [-0.4, -0.2) is 74.1 Å². The molecule has 0 aromatic carbocycles. The normalized spacial score (nSPS) is 15.5. The SMILES string of the molecule is CCCCN(C)C(=NC)NCc1ccc(N2CCN(CC)CC2)nc1.I. The van der Waals surface area contributed by atoms with E-state index < -0.39 is 0 Å². The maximum absolute atomic E-state index is 4.67. The van der Waals surface area contributed by atoms with Crippen molar-refractivity contribution >= 4 is 35.8 Å². The fraction of sp³-hybridized carbons (Fsp3) is 0.684. The number of aromatic nitrogens is 1. The highest BCUT2D eigenvalue weighted by Gasteiger charge is 2.16.